The second kappa shape index (κ2) is 3.52. The van der Waals surface area contributed by atoms with E-state index in [0.29, 0.717) is 6.04 Å². The first-order valence-electron chi connectivity index (χ1n) is 5.73. The minimum atomic E-state index is 0.357. The molecule has 0 saturated heterocycles. The molecule has 0 amide bonds. The molecule has 2 aromatic rings. The number of benzene rings is 1. The van der Waals surface area contributed by atoms with Crippen LogP contribution in [0.25, 0.3) is 10.9 Å². The van der Waals surface area contributed by atoms with Crippen molar-refractivity contribution in [1.29, 1.82) is 0 Å². The number of fused-ring (bicyclic) bond motifs is 3. The van der Waals surface area contributed by atoms with Crippen LogP contribution in [0.4, 0.5) is 0 Å². The number of hydrogen-bond acceptors (Lipinski definition) is 2. The summed E-state index contributed by atoms with van der Waals surface area (Å²) >= 11 is 0. The molecule has 0 aliphatic carbocycles. The van der Waals surface area contributed by atoms with Crippen molar-refractivity contribution >= 4 is 10.9 Å². The van der Waals surface area contributed by atoms with E-state index in [2.05, 4.69) is 36.5 Å². The number of para-hydroxylation sites is 1. The molecular formula is C13H16N2O. The molecule has 1 unspecified atom stereocenters. The second-order valence-corrected chi connectivity index (χ2v) is 4.28. The Labute approximate surface area is 95.0 Å². The van der Waals surface area contributed by atoms with Gasteiger partial charge in [0.25, 0.3) is 0 Å². The molecule has 3 rings (SSSR count). The van der Waals surface area contributed by atoms with Gasteiger partial charge < -0.3 is 10.2 Å². The summed E-state index contributed by atoms with van der Waals surface area (Å²) in [5.74, 6) is 0. The fourth-order valence-corrected chi connectivity index (χ4v) is 2.70. The van der Waals surface area contributed by atoms with E-state index in [9.17, 15) is 0 Å². The molecule has 1 aliphatic rings. The summed E-state index contributed by atoms with van der Waals surface area (Å²) in [6.45, 7) is 3.23. The predicted octanol–water partition coefficient (Wildman–Crippen LogP) is 1.91. The van der Waals surface area contributed by atoms with E-state index in [0.717, 1.165) is 13.0 Å². The predicted molar refractivity (Wildman–Crippen MR) is 64.6 cm³/mol. The molecule has 0 bridgehead atoms. The van der Waals surface area contributed by atoms with Crippen LogP contribution in [0.15, 0.2) is 24.3 Å². The summed E-state index contributed by atoms with van der Waals surface area (Å²) in [6.07, 6.45) is 1.08. The van der Waals surface area contributed by atoms with Gasteiger partial charge in [-0.1, -0.05) is 18.2 Å². The molecule has 16 heavy (non-hydrogen) atoms. The molecule has 2 heterocycles. The van der Waals surface area contributed by atoms with Gasteiger partial charge in [-0.3, -0.25) is 0 Å². The lowest BCUT2D eigenvalue weighted by atomic mass is 10.0. The lowest BCUT2D eigenvalue weighted by Gasteiger charge is -2.22. The van der Waals surface area contributed by atoms with Gasteiger partial charge in [0.15, 0.2) is 0 Å². The molecule has 0 spiro atoms. The van der Waals surface area contributed by atoms with Gasteiger partial charge >= 0.3 is 0 Å². The molecule has 0 radical (unpaired) electrons. The molecule has 3 heteroatoms. The Morgan fingerprint density at radius 1 is 1.38 bits per heavy atom. The lowest BCUT2D eigenvalue weighted by molar-refractivity contribution is 0.164. The fourth-order valence-electron chi connectivity index (χ4n) is 2.70. The quantitative estimate of drug-likeness (QED) is 0.788. The van der Waals surface area contributed by atoms with Crippen molar-refractivity contribution in [2.75, 3.05) is 13.7 Å². The Morgan fingerprint density at radius 3 is 3.00 bits per heavy atom. The van der Waals surface area contributed by atoms with Crippen molar-refractivity contribution in [3.05, 3.63) is 35.5 Å². The number of hydrogen-bond donors (Lipinski definition) is 1. The molecule has 1 N–H and O–H groups in total. The molecule has 0 fully saturated rings. The lowest BCUT2D eigenvalue weighted by Crippen LogP contribution is -2.30. The maximum atomic E-state index is 5.51. The zero-order valence-corrected chi connectivity index (χ0v) is 9.66. The molecule has 0 saturated carbocycles. The average Bonchev–Trinajstić information content (AvgIpc) is 2.65. The topological polar surface area (TPSA) is 26.2 Å². The molecule has 3 nitrogen and oxygen atoms in total. The average molecular weight is 216 g/mol. The largest absolute Gasteiger partial charge is 0.417 e. The van der Waals surface area contributed by atoms with Crippen molar-refractivity contribution in [1.82, 2.24) is 10.0 Å². The first kappa shape index (κ1) is 9.73. The zero-order valence-electron chi connectivity index (χ0n) is 9.66. The van der Waals surface area contributed by atoms with Crippen molar-refractivity contribution in [2.24, 2.45) is 0 Å². The summed E-state index contributed by atoms with van der Waals surface area (Å²) < 4.78 is 1.96. The van der Waals surface area contributed by atoms with Crippen LogP contribution in [0.1, 0.15) is 24.2 Å². The highest BCUT2D eigenvalue weighted by Crippen LogP contribution is 2.31. The first-order valence-corrected chi connectivity index (χ1v) is 5.73. The molecule has 1 atom stereocenters. The van der Waals surface area contributed by atoms with Crippen molar-refractivity contribution in [2.45, 2.75) is 19.4 Å². The van der Waals surface area contributed by atoms with Crippen LogP contribution >= 0.6 is 0 Å². The standard InChI is InChI=1S/C13H16N2O/c1-9-13-11(7-8-14-9)10-5-3-4-6-12(10)15(13)16-2/h3-6,9,14H,7-8H2,1-2H3. The Kier molecular flexibility index (Phi) is 2.14. The van der Waals surface area contributed by atoms with E-state index < -0.39 is 0 Å². The van der Waals surface area contributed by atoms with E-state index in [1.54, 1.807) is 7.11 Å². The Bertz CT molecular complexity index is 497. The van der Waals surface area contributed by atoms with Gasteiger partial charge in [-0.15, -0.1) is 0 Å². The van der Waals surface area contributed by atoms with Gasteiger partial charge in [0, 0.05) is 11.4 Å². The summed E-state index contributed by atoms with van der Waals surface area (Å²) in [5.41, 5.74) is 3.88. The van der Waals surface area contributed by atoms with Crippen LogP contribution in [0, 0.1) is 0 Å². The highest BCUT2D eigenvalue weighted by molar-refractivity contribution is 5.85. The maximum Gasteiger partial charge on any atom is 0.104 e. The number of nitrogens with zero attached hydrogens (tertiary/aromatic N) is 1. The number of rotatable bonds is 1. The smallest absolute Gasteiger partial charge is 0.104 e. The third kappa shape index (κ3) is 1.18. The molecule has 1 aliphatic heterocycles. The fraction of sp³-hybridized carbons (Fsp3) is 0.385. The Hall–Kier alpha value is -1.48. The van der Waals surface area contributed by atoms with Crippen molar-refractivity contribution in [3.8, 4) is 0 Å². The second-order valence-electron chi connectivity index (χ2n) is 4.28. The van der Waals surface area contributed by atoms with Gasteiger partial charge in [0.2, 0.25) is 0 Å². The summed E-state index contributed by atoms with van der Waals surface area (Å²) in [4.78, 5) is 5.51. The summed E-state index contributed by atoms with van der Waals surface area (Å²) in [5, 5.41) is 4.80. The van der Waals surface area contributed by atoms with Gasteiger partial charge in [-0.05, 0) is 31.5 Å². The summed E-state index contributed by atoms with van der Waals surface area (Å²) in [6, 6.07) is 8.80. The third-order valence-electron chi connectivity index (χ3n) is 3.39. The van der Waals surface area contributed by atoms with Gasteiger partial charge in [-0.25, -0.2) is 0 Å². The number of aromatic nitrogens is 1. The van der Waals surface area contributed by atoms with E-state index in [1.807, 2.05) is 4.73 Å². The maximum absolute atomic E-state index is 5.51. The van der Waals surface area contributed by atoms with E-state index in [-0.39, 0.29) is 0 Å². The van der Waals surface area contributed by atoms with Gasteiger partial charge in [0.05, 0.1) is 11.2 Å². The molecule has 1 aromatic carbocycles. The highest BCUT2D eigenvalue weighted by Gasteiger charge is 2.24. The third-order valence-corrected chi connectivity index (χ3v) is 3.39. The minimum Gasteiger partial charge on any atom is -0.417 e. The van der Waals surface area contributed by atoms with Crippen LogP contribution in [0.3, 0.4) is 0 Å². The van der Waals surface area contributed by atoms with Crippen LogP contribution in [0.5, 0.6) is 0 Å². The Balaban J connectivity index is 2.38. The molecule has 1 aromatic heterocycles. The highest BCUT2D eigenvalue weighted by atomic mass is 16.6. The normalized spacial score (nSPS) is 19.8. The van der Waals surface area contributed by atoms with Crippen LogP contribution < -0.4 is 10.2 Å². The van der Waals surface area contributed by atoms with Crippen molar-refractivity contribution < 1.29 is 4.84 Å². The van der Waals surface area contributed by atoms with Crippen LogP contribution in [0.2, 0.25) is 0 Å². The Morgan fingerprint density at radius 2 is 2.19 bits per heavy atom. The number of nitrogens with one attached hydrogen (secondary N) is 1. The van der Waals surface area contributed by atoms with Crippen LogP contribution in [-0.4, -0.2) is 18.4 Å². The molecule has 84 valence electrons. The van der Waals surface area contributed by atoms with Crippen molar-refractivity contribution in [3.63, 3.8) is 0 Å². The monoisotopic (exact) mass is 216 g/mol. The SMILES string of the molecule is COn1c2c(c3ccccc31)CCNC2C. The minimum absolute atomic E-state index is 0.357. The first-order chi connectivity index (χ1) is 7.83. The van der Waals surface area contributed by atoms with E-state index >= 15 is 0 Å². The van der Waals surface area contributed by atoms with E-state index in [4.69, 9.17) is 4.84 Å². The van der Waals surface area contributed by atoms with Gasteiger partial charge in [0.1, 0.15) is 7.11 Å². The van der Waals surface area contributed by atoms with E-state index in [1.165, 1.54) is 22.2 Å². The van der Waals surface area contributed by atoms with Gasteiger partial charge in [-0.2, -0.15) is 4.73 Å². The van der Waals surface area contributed by atoms with Crippen LogP contribution in [-0.2, 0) is 6.42 Å². The zero-order chi connectivity index (χ0) is 11.1. The summed E-state index contributed by atoms with van der Waals surface area (Å²) in [7, 11) is 1.73. The molecular weight excluding hydrogens is 200 g/mol.